The van der Waals surface area contributed by atoms with E-state index in [0.717, 1.165) is 31.4 Å². The van der Waals surface area contributed by atoms with Gasteiger partial charge in [0.25, 0.3) is 5.91 Å². The lowest BCUT2D eigenvalue weighted by Crippen LogP contribution is -3.08. The fraction of sp³-hybridized carbons (Fsp3) is 0.364. The van der Waals surface area contributed by atoms with Crippen LogP contribution in [-0.4, -0.2) is 50.7 Å². The van der Waals surface area contributed by atoms with Crippen molar-refractivity contribution in [2.75, 3.05) is 34.9 Å². The molecule has 7 heteroatoms. The molecule has 0 aliphatic rings. The van der Waals surface area contributed by atoms with Gasteiger partial charge in [0.1, 0.15) is 11.6 Å². The van der Waals surface area contributed by atoms with E-state index in [-0.39, 0.29) is 11.9 Å². The van der Waals surface area contributed by atoms with Gasteiger partial charge in [0.05, 0.1) is 43.1 Å². The van der Waals surface area contributed by atoms with E-state index in [4.69, 9.17) is 14.5 Å². The fourth-order valence-corrected chi connectivity index (χ4v) is 4.38. The highest BCUT2D eigenvalue weighted by atomic mass is 32.1. The van der Waals surface area contributed by atoms with Gasteiger partial charge in [-0.2, -0.15) is 0 Å². The maximum atomic E-state index is 12.9. The highest BCUT2D eigenvalue weighted by Crippen LogP contribution is 2.30. The lowest BCUT2D eigenvalue weighted by Gasteiger charge is -2.25. The number of nitrogens with one attached hydrogen (secondary N) is 1. The fourth-order valence-electron chi connectivity index (χ4n) is 3.31. The molecule has 29 heavy (non-hydrogen) atoms. The predicted octanol–water partition coefficient (Wildman–Crippen LogP) is 2.55. The number of nitrogens with zero attached hydrogens (tertiary/aromatic N) is 2. The minimum Gasteiger partial charge on any atom is -0.493 e. The molecule has 154 valence electrons. The van der Waals surface area contributed by atoms with Crippen molar-refractivity contribution >= 4 is 27.5 Å². The van der Waals surface area contributed by atoms with Crippen LogP contribution < -0.4 is 14.4 Å². The zero-order chi connectivity index (χ0) is 21.0. The molecule has 0 aliphatic carbocycles. The Morgan fingerprint density at radius 3 is 2.62 bits per heavy atom. The molecule has 0 spiro atoms. The molecule has 0 aliphatic heterocycles. The van der Waals surface area contributed by atoms with Gasteiger partial charge >= 0.3 is 0 Å². The predicted molar refractivity (Wildman–Crippen MR) is 116 cm³/mol. The molecule has 0 radical (unpaired) electrons. The third-order valence-corrected chi connectivity index (χ3v) is 6.28. The number of methoxy groups -OCH3 is 2. The molecule has 1 N–H and O–H groups in total. The Bertz CT molecular complexity index is 955. The van der Waals surface area contributed by atoms with Crippen LogP contribution in [0.1, 0.15) is 23.5 Å². The van der Waals surface area contributed by atoms with Gasteiger partial charge in [0.2, 0.25) is 0 Å². The maximum Gasteiger partial charge on any atom is 0.278 e. The molecule has 3 aromatic rings. The van der Waals surface area contributed by atoms with E-state index in [1.165, 1.54) is 0 Å². The second kappa shape index (κ2) is 9.24. The molecular weight excluding hydrogens is 386 g/mol. The summed E-state index contributed by atoms with van der Waals surface area (Å²) in [6.45, 7) is 3.07. The van der Waals surface area contributed by atoms with Crippen molar-refractivity contribution in [3.05, 3.63) is 53.0 Å². The molecule has 0 saturated carbocycles. The molecule has 2 atom stereocenters. The monoisotopic (exact) mass is 414 g/mol. The third-order valence-electron chi connectivity index (χ3n) is 5.07. The first kappa shape index (κ1) is 21.1. The zero-order valence-corrected chi connectivity index (χ0v) is 18.4. The van der Waals surface area contributed by atoms with Crippen molar-refractivity contribution in [3.63, 3.8) is 0 Å². The number of ether oxygens (including phenoxy) is 2. The molecule has 2 aromatic carbocycles. The van der Waals surface area contributed by atoms with Crippen LogP contribution in [0, 0.1) is 0 Å². The summed E-state index contributed by atoms with van der Waals surface area (Å²) in [4.78, 5) is 20.4. The topological polar surface area (TPSA) is 56.1 Å². The van der Waals surface area contributed by atoms with Gasteiger partial charge in [-0.15, -0.1) is 11.3 Å². The van der Waals surface area contributed by atoms with Gasteiger partial charge in [0, 0.05) is 7.05 Å². The van der Waals surface area contributed by atoms with Crippen LogP contribution in [0.3, 0.4) is 0 Å². The summed E-state index contributed by atoms with van der Waals surface area (Å²) in [5.41, 5.74) is 1.99. The number of carbonyl (C=O) groups excluding carboxylic acids is 1. The Morgan fingerprint density at radius 1 is 1.17 bits per heavy atom. The van der Waals surface area contributed by atoms with E-state index in [0.29, 0.717) is 18.8 Å². The number of para-hydroxylation sites is 2. The van der Waals surface area contributed by atoms with Crippen LogP contribution in [0.2, 0.25) is 0 Å². The molecule has 1 aromatic heterocycles. The summed E-state index contributed by atoms with van der Waals surface area (Å²) in [5, 5.41) is 0.953. The first-order valence-corrected chi connectivity index (χ1v) is 10.4. The van der Waals surface area contributed by atoms with E-state index in [2.05, 4.69) is 6.07 Å². The average Bonchev–Trinajstić information content (AvgIpc) is 3.16. The van der Waals surface area contributed by atoms with Gasteiger partial charge < -0.3 is 19.3 Å². The Morgan fingerprint density at radius 2 is 1.93 bits per heavy atom. The van der Waals surface area contributed by atoms with Gasteiger partial charge in [-0.05, 0) is 31.2 Å². The van der Waals surface area contributed by atoms with Crippen LogP contribution in [0.25, 0.3) is 10.2 Å². The maximum absolute atomic E-state index is 12.9. The van der Waals surface area contributed by atoms with Crippen molar-refractivity contribution in [3.8, 4) is 11.5 Å². The van der Waals surface area contributed by atoms with E-state index in [1.54, 1.807) is 30.5 Å². The summed E-state index contributed by atoms with van der Waals surface area (Å²) < 4.78 is 12.0. The highest BCUT2D eigenvalue weighted by molar-refractivity contribution is 7.18. The largest absolute Gasteiger partial charge is 0.493 e. The number of quaternary nitrogens is 1. The number of rotatable bonds is 8. The Labute approximate surface area is 175 Å². The third kappa shape index (κ3) is 4.68. The van der Waals surface area contributed by atoms with Gasteiger partial charge in [-0.3, -0.25) is 4.79 Å². The number of hydrogen-bond donors (Lipinski definition) is 1. The number of amides is 1. The molecule has 0 saturated heterocycles. The Kier molecular flexibility index (Phi) is 6.71. The second-order valence-corrected chi connectivity index (χ2v) is 8.23. The SMILES string of the molecule is COc1cccc(C[NH+](C)CC(=O)N(C)[C@H](C)c2nc3ccccc3s2)c1OC. The second-order valence-electron chi connectivity index (χ2n) is 7.16. The zero-order valence-electron chi connectivity index (χ0n) is 17.6. The minimum absolute atomic E-state index is 0.0703. The number of carbonyl (C=O) groups is 1. The van der Waals surface area contributed by atoms with Crippen LogP contribution in [0.4, 0.5) is 0 Å². The molecule has 0 bridgehead atoms. The van der Waals surface area contributed by atoms with Gasteiger partial charge in [-0.25, -0.2) is 4.98 Å². The Balaban J connectivity index is 1.66. The summed E-state index contributed by atoms with van der Waals surface area (Å²) in [6, 6.07) is 13.8. The van der Waals surface area contributed by atoms with Crippen molar-refractivity contribution in [2.45, 2.75) is 19.5 Å². The molecule has 0 fully saturated rings. The standard InChI is InChI=1S/C22H27N3O3S/c1-15(22-23-17-10-6-7-12-19(17)29-22)25(3)20(26)14-24(2)13-16-9-8-11-18(27-4)21(16)28-5/h6-12,15H,13-14H2,1-5H3/p+1/t15-/m1/s1. The minimum atomic E-state index is -0.0703. The van der Waals surface area contributed by atoms with E-state index in [9.17, 15) is 4.79 Å². The quantitative estimate of drug-likeness (QED) is 0.616. The van der Waals surface area contributed by atoms with Crippen molar-refractivity contribution in [1.82, 2.24) is 9.88 Å². The van der Waals surface area contributed by atoms with Crippen molar-refractivity contribution in [1.29, 1.82) is 0 Å². The number of benzene rings is 2. The molecule has 3 rings (SSSR count). The van der Waals surface area contributed by atoms with Crippen molar-refractivity contribution in [2.24, 2.45) is 0 Å². The summed E-state index contributed by atoms with van der Waals surface area (Å²) in [5.74, 6) is 1.50. The first-order chi connectivity index (χ1) is 13.9. The number of fused-ring (bicyclic) bond motifs is 1. The first-order valence-electron chi connectivity index (χ1n) is 9.56. The number of hydrogen-bond acceptors (Lipinski definition) is 5. The lowest BCUT2D eigenvalue weighted by molar-refractivity contribution is -0.885. The van der Waals surface area contributed by atoms with E-state index < -0.39 is 0 Å². The number of aromatic nitrogens is 1. The lowest BCUT2D eigenvalue weighted by atomic mass is 10.1. The highest BCUT2D eigenvalue weighted by Gasteiger charge is 2.24. The summed E-state index contributed by atoms with van der Waals surface area (Å²) in [6.07, 6.45) is 0. The van der Waals surface area contributed by atoms with Crippen LogP contribution >= 0.6 is 11.3 Å². The molecule has 1 unspecified atom stereocenters. The van der Waals surface area contributed by atoms with Gasteiger partial charge in [0.15, 0.2) is 18.0 Å². The van der Waals surface area contributed by atoms with E-state index >= 15 is 0 Å². The number of likely N-dealkylation sites (N-methyl/N-ethyl adjacent to an activating group) is 2. The van der Waals surface area contributed by atoms with Gasteiger partial charge in [-0.1, -0.05) is 18.2 Å². The molecule has 1 amide bonds. The molecular formula is C22H28N3O3S+. The average molecular weight is 415 g/mol. The van der Waals surface area contributed by atoms with Crippen molar-refractivity contribution < 1.29 is 19.2 Å². The Hall–Kier alpha value is -2.64. The summed E-state index contributed by atoms with van der Waals surface area (Å²) >= 11 is 1.64. The number of thiazole rings is 1. The van der Waals surface area contributed by atoms with Crippen LogP contribution in [0.15, 0.2) is 42.5 Å². The summed E-state index contributed by atoms with van der Waals surface area (Å²) in [7, 11) is 7.11. The van der Waals surface area contributed by atoms with E-state index in [1.807, 2.05) is 57.4 Å². The molecule has 6 nitrogen and oxygen atoms in total. The van der Waals surface area contributed by atoms with Crippen LogP contribution in [0.5, 0.6) is 11.5 Å². The molecule has 1 heterocycles. The smallest absolute Gasteiger partial charge is 0.278 e. The van der Waals surface area contributed by atoms with Crippen LogP contribution in [-0.2, 0) is 11.3 Å². The normalized spacial score (nSPS) is 13.1.